The standard InChI is InChI=1S/C58H68N14O2/c1-65-29-33-67(34-30-65)51-17-5-15-49-63-45(39-69(37-41-19-25-59-26-20-41)47-13-3-9-43-11-7-23-61-53(43)47)55(71(49)51)57(73)58(74)56-46(64-50-16-6-18-52(72(50)56)68-35-31-66(2)32-36-68)40-70(38-42-21-27-60-28-22-42)48-14-4-10-44-12-8-24-62-54(44)48/h5-8,11-12,15-28,47-48,57-58,73-74H,3-4,9-10,13-14,29-40H2,1-2H3/t47-,48-,57?,58?/m0/s1. The van der Waals surface area contributed by atoms with E-state index in [0.717, 1.165) is 136 Å². The molecule has 16 nitrogen and oxygen atoms in total. The second kappa shape index (κ2) is 21.3. The number of anilines is 2. The maximum Gasteiger partial charge on any atom is 0.138 e. The van der Waals surface area contributed by atoms with Gasteiger partial charge in [0.15, 0.2) is 0 Å². The van der Waals surface area contributed by atoms with Gasteiger partial charge in [0.05, 0.1) is 46.2 Å². The maximum absolute atomic E-state index is 13.7. The van der Waals surface area contributed by atoms with Crippen LogP contribution in [0.25, 0.3) is 11.3 Å². The average molecular weight is 993 g/mol. The van der Waals surface area contributed by atoms with Gasteiger partial charge < -0.3 is 29.8 Å². The van der Waals surface area contributed by atoms with Crippen molar-refractivity contribution in [2.24, 2.45) is 0 Å². The Bertz CT molecular complexity index is 2970. The van der Waals surface area contributed by atoms with Crippen molar-refractivity contribution in [3.05, 3.63) is 179 Å². The number of fused-ring (bicyclic) bond motifs is 4. The van der Waals surface area contributed by atoms with Crippen LogP contribution < -0.4 is 9.80 Å². The van der Waals surface area contributed by atoms with Crippen molar-refractivity contribution in [2.75, 3.05) is 76.3 Å². The molecule has 8 aromatic rings. The number of aliphatic hydroxyl groups excluding tert-OH is 2. The minimum absolute atomic E-state index is 0.00672. The first kappa shape index (κ1) is 48.3. The third-order valence-corrected chi connectivity index (χ3v) is 16.2. The van der Waals surface area contributed by atoms with E-state index in [1.165, 1.54) is 11.1 Å². The van der Waals surface area contributed by atoms with Gasteiger partial charge in [0.25, 0.3) is 0 Å². The summed E-state index contributed by atoms with van der Waals surface area (Å²) < 4.78 is 4.27. The van der Waals surface area contributed by atoms with E-state index in [2.05, 4.69) is 123 Å². The van der Waals surface area contributed by atoms with Gasteiger partial charge in [-0.1, -0.05) is 24.3 Å². The van der Waals surface area contributed by atoms with Crippen LogP contribution in [0.4, 0.5) is 11.6 Å². The Morgan fingerprint density at radius 1 is 0.500 bits per heavy atom. The molecule has 0 radical (unpaired) electrons. The SMILES string of the molecule is CN1CCN(c2cccc3nc(CN(Cc4ccncc4)[C@H]4CCCc5cccnc54)c(C(O)C(O)c4c(CN(Cc5ccncc5)[C@H]5CCCc6cccnc65)nc5cccc(N6CCN(C)CC6)n45)n23)CC1. The molecule has 12 rings (SSSR count). The molecule has 2 fully saturated rings. The Morgan fingerprint density at radius 3 is 1.34 bits per heavy atom. The van der Waals surface area contributed by atoms with Crippen molar-refractivity contribution in [1.29, 1.82) is 0 Å². The smallest absolute Gasteiger partial charge is 0.138 e. The van der Waals surface area contributed by atoms with Crippen molar-refractivity contribution >= 4 is 22.9 Å². The number of aromatic nitrogens is 8. The molecule has 74 heavy (non-hydrogen) atoms. The Labute approximate surface area is 433 Å². The summed E-state index contributed by atoms with van der Waals surface area (Å²) in [5.41, 5.74) is 11.0. The molecule has 4 aliphatic rings. The van der Waals surface area contributed by atoms with E-state index in [1.54, 1.807) is 0 Å². The molecule has 4 atom stereocenters. The molecule has 0 aromatic carbocycles. The highest BCUT2D eigenvalue weighted by Crippen LogP contribution is 2.42. The zero-order chi connectivity index (χ0) is 50.1. The van der Waals surface area contributed by atoms with E-state index in [-0.39, 0.29) is 12.1 Å². The van der Waals surface area contributed by atoms with Gasteiger partial charge in [0.1, 0.15) is 35.1 Å². The molecule has 2 aliphatic carbocycles. The number of hydrogen-bond donors (Lipinski definition) is 2. The topological polar surface area (TPSA) is 146 Å². The number of piperazine rings is 2. The second-order valence-corrected chi connectivity index (χ2v) is 20.9. The Kier molecular flexibility index (Phi) is 13.9. The van der Waals surface area contributed by atoms with Crippen LogP contribution >= 0.6 is 0 Å². The molecule has 16 heteroatoms. The molecule has 8 aromatic heterocycles. The van der Waals surface area contributed by atoms with E-state index in [9.17, 15) is 10.2 Å². The molecule has 0 amide bonds. The van der Waals surface area contributed by atoms with Crippen LogP contribution in [0.5, 0.6) is 0 Å². The van der Waals surface area contributed by atoms with Gasteiger partial charge in [-0.05, 0) is 136 Å². The molecule has 2 N–H and O–H groups in total. The minimum Gasteiger partial charge on any atom is -0.384 e. The molecule has 382 valence electrons. The fraction of sp³-hybridized carbons (Fsp3) is 0.414. The van der Waals surface area contributed by atoms with Gasteiger partial charge >= 0.3 is 0 Å². The summed E-state index contributed by atoms with van der Waals surface area (Å²) in [4.78, 5) is 44.2. The van der Waals surface area contributed by atoms with Crippen LogP contribution in [-0.2, 0) is 39.0 Å². The van der Waals surface area contributed by atoms with E-state index in [0.29, 0.717) is 49.0 Å². The van der Waals surface area contributed by atoms with Gasteiger partial charge in [0.2, 0.25) is 0 Å². The normalized spacial score (nSPS) is 19.6. The fourth-order valence-electron chi connectivity index (χ4n) is 12.3. The summed E-state index contributed by atoms with van der Waals surface area (Å²) in [6, 6.07) is 29.3. The first-order chi connectivity index (χ1) is 36.3. The van der Waals surface area contributed by atoms with Crippen molar-refractivity contribution in [1.82, 2.24) is 58.3 Å². The fourth-order valence-corrected chi connectivity index (χ4v) is 12.3. The number of pyridine rings is 6. The number of rotatable bonds is 15. The molecule has 0 spiro atoms. The number of aryl methyl sites for hydroxylation is 2. The number of imidazole rings is 2. The van der Waals surface area contributed by atoms with Gasteiger partial charge in [-0.15, -0.1) is 0 Å². The quantitative estimate of drug-likeness (QED) is 0.109. The Hall–Kier alpha value is -6.66. The zero-order valence-corrected chi connectivity index (χ0v) is 42.7. The van der Waals surface area contributed by atoms with Crippen LogP contribution in [0.15, 0.2) is 122 Å². The number of aliphatic hydroxyl groups is 2. The Morgan fingerprint density at radius 2 is 0.919 bits per heavy atom. The number of likely N-dealkylation sites (N-methyl/N-ethyl adjacent to an activating group) is 2. The number of nitrogens with zero attached hydrogens (tertiary/aromatic N) is 14. The third-order valence-electron chi connectivity index (χ3n) is 16.2. The van der Waals surface area contributed by atoms with Gasteiger partial charge in [-0.2, -0.15) is 0 Å². The summed E-state index contributed by atoms with van der Waals surface area (Å²) in [7, 11) is 4.33. The van der Waals surface area contributed by atoms with Crippen LogP contribution in [0.3, 0.4) is 0 Å². The molecular weight excluding hydrogens is 925 g/mol. The van der Waals surface area contributed by atoms with E-state index in [4.69, 9.17) is 19.9 Å². The van der Waals surface area contributed by atoms with Gasteiger partial charge in [-0.3, -0.25) is 38.5 Å². The summed E-state index contributed by atoms with van der Waals surface area (Å²) in [6.07, 6.45) is 14.3. The van der Waals surface area contributed by atoms with Crippen molar-refractivity contribution in [3.63, 3.8) is 0 Å². The molecule has 2 unspecified atom stereocenters. The lowest BCUT2D eigenvalue weighted by molar-refractivity contribution is 0.00852. The second-order valence-electron chi connectivity index (χ2n) is 20.9. The minimum atomic E-state index is -1.42. The lowest BCUT2D eigenvalue weighted by Gasteiger charge is -2.36. The molecule has 0 saturated carbocycles. The largest absolute Gasteiger partial charge is 0.384 e. The lowest BCUT2D eigenvalue weighted by Crippen LogP contribution is -2.45. The van der Waals surface area contributed by atoms with Crippen LogP contribution in [0.2, 0.25) is 0 Å². The highest BCUT2D eigenvalue weighted by Gasteiger charge is 2.38. The first-order valence-electron chi connectivity index (χ1n) is 26.7. The van der Waals surface area contributed by atoms with Crippen molar-refractivity contribution < 1.29 is 10.2 Å². The van der Waals surface area contributed by atoms with Gasteiger partial charge in [0, 0.05) is 116 Å². The highest BCUT2D eigenvalue weighted by molar-refractivity contribution is 5.58. The monoisotopic (exact) mass is 993 g/mol. The molecule has 2 saturated heterocycles. The van der Waals surface area contributed by atoms with E-state index >= 15 is 0 Å². The number of hydrogen-bond acceptors (Lipinski definition) is 14. The molecule has 2 aliphatic heterocycles. The third kappa shape index (κ3) is 9.66. The summed E-state index contributed by atoms with van der Waals surface area (Å²) >= 11 is 0. The Balaban J connectivity index is 1.02. The summed E-state index contributed by atoms with van der Waals surface area (Å²) in [5.74, 6) is 1.90. The first-order valence-corrected chi connectivity index (χ1v) is 26.7. The van der Waals surface area contributed by atoms with Crippen molar-refractivity contribution in [3.8, 4) is 0 Å². The van der Waals surface area contributed by atoms with Crippen LogP contribution in [-0.4, -0.2) is 135 Å². The van der Waals surface area contributed by atoms with E-state index < -0.39 is 12.2 Å². The summed E-state index contributed by atoms with van der Waals surface area (Å²) in [5, 5.41) is 27.3. The van der Waals surface area contributed by atoms with Gasteiger partial charge in [-0.25, -0.2) is 9.97 Å². The lowest BCUT2D eigenvalue weighted by atomic mass is 9.90. The zero-order valence-electron chi connectivity index (χ0n) is 42.7. The van der Waals surface area contributed by atoms with Crippen LogP contribution in [0.1, 0.15) is 106 Å². The molecule has 10 heterocycles. The maximum atomic E-state index is 13.7. The van der Waals surface area contributed by atoms with Crippen molar-refractivity contribution in [2.45, 2.75) is 89.0 Å². The van der Waals surface area contributed by atoms with Crippen LogP contribution in [0, 0.1) is 0 Å². The predicted molar refractivity (Wildman–Crippen MR) is 287 cm³/mol. The molecular formula is C58H68N14O2. The highest BCUT2D eigenvalue weighted by atomic mass is 16.3. The summed E-state index contributed by atoms with van der Waals surface area (Å²) in [6.45, 7) is 8.96. The average Bonchev–Trinajstić information content (AvgIpc) is 4.01. The predicted octanol–water partition coefficient (Wildman–Crippen LogP) is 6.99. The van der Waals surface area contributed by atoms with E-state index in [1.807, 2.05) is 61.4 Å². The molecule has 0 bridgehead atoms.